The number of nitrogens with one attached hydrogen (secondary N) is 1. The SMILES string of the molecule is CC(C)CNC(=O)C(C)N1CCCC(N)C1. The molecule has 1 rings (SSSR count). The summed E-state index contributed by atoms with van der Waals surface area (Å²) in [5.41, 5.74) is 5.91. The maximum atomic E-state index is 11.9. The van der Waals surface area contributed by atoms with Crippen molar-refractivity contribution >= 4 is 5.91 Å². The van der Waals surface area contributed by atoms with Crippen molar-refractivity contribution in [1.82, 2.24) is 10.2 Å². The first-order valence-electron chi connectivity index (χ1n) is 6.28. The number of nitrogens with zero attached hydrogens (tertiary/aromatic N) is 1. The Labute approximate surface area is 98.6 Å². The molecule has 4 heteroatoms. The molecule has 0 aromatic heterocycles. The number of rotatable bonds is 4. The molecule has 16 heavy (non-hydrogen) atoms. The minimum Gasteiger partial charge on any atom is -0.354 e. The van der Waals surface area contributed by atoms with E-state index in [2.05, 4.69) is 24.1 Å². The highest BCUT2D eigenvalue weighted by atomic mass is 16.2. The third kappa shape index (κ3) is 4.10. The Morgan fingerprint density at radius 2 is 2.19 bits per heavy atom. The van der Waals surface area contributed by atoms with Crippen LogP contribution in [-0.2, 0) is 4.79 Å². The highest BCUT2D eigenvalue weighted by Crippen LogP contribution is 2.11. The molecule has 1 aliphatic heterocycles. The lowest BCUT2D eigenvalue weighted by atomic mass is 10.0. The number of likely N-dealkylation sites (tertiary alicyclic amines) is 1. The van der Waals surface area contributed by atoms with E-state index < -0.39 is 0 Å². The van der Waals surface area contributed by atoms with Crippen LogP contribution in [0.4, 0.5) is 0 Å². The Kier molecular flexibility index (Phi) is 5.22. The molecule has 0 aliphatic carbocycles. The van der Waals surface area contributed by atoms with Gasteiger partial charge in [0.05, 0.1) is 6.04 Å². The van der Waals surface area contributed by atoms with Gasteiger partial charge in [0.25, 0.3) is 0 Å². The molecule has 1 saturated heterocycles. The molecule has 0 spiro atoms. The first kappa shape index (κ1) is 13.5. The van der Waals surface area contributed by atoms with E-state index in [9.17, 15) is 4.79 Å². The van der Waals surface area contributed by atoms with E-state index in [-0.39, 0.29) is 18.0 Å². The van der Waals surface area contributed by atoms with Gasteiger partial charge in [0.15, 0.2) is 0 Å². The second kappa shape index (κ2) is 6.21. The Balaban J connectivity index is 2.37. The second-order valence-corrected chi connectivity index (χ2v) is 5.21. The lowest BCUT2D eigenvalue weighted by Gasteiger charge is -2.34. The number of piperidine rings is 1. The highest BCUT2D eigenvalue weighted by Gasteiger charge is 2.25. The van der Waals surface area contributed by atoms with Gasteiger partial charge in [0.1, 0.15) is 0 Å². The average Bonchev–Trinajstić information content (AvgIpc) is 2.24. The highest BCUT2D eigenvalue weighted by molar-refractivity contribution is 5.81. The molecular formula is C12H25N3O. The number of hydrogen-bond donors (Lipinski definition) is 2. The number of nitrogens with two attached hydrogens (primary N) is 1. The quantitative estimate of drug-likeness (QED) is 0.738. The maximum Gasteiger partial charge on any atom is 0.237 e. The van der Waals surface area contributed by atoms with Crippen LogP contribution in [0.3, 0.4) is 0 Å². The van der Waals surface area contributed by atoms with Crippen LogP contribution in [0.5, 0.6) is 0 Å². The standard InChI is InChI=1S/C12H25N3O/c1-9(2)7-14-12(16)10(3)15-6-4-5-11(13)8-15/h9-11H,4-8,13H2,1-3H3,(H,14,16). The van der Waals surface area contributed by atoms with Gasteiger partial charge in [0, 0.05) is 19.1 Å². The summed E-state index contributed by atoms with van der Waals surface area (Å²) in [6.07, 6.45) is 2.18. The topological polar surface area (TPSA) is 58.4 Å². The summed E-state index contributed by atoms with van der Waals surface area (Å²) in [6.45, 7) is 8.75. The minimum absolute atomic E-state index is 0.0508. The lowest BCUT2D eigenvalue weighted by molar-refractivity contribution is -0.126. The van der Waals surface area contributed by atoms with E-state index in [1.165, 1.54) is 0 Å². The molecule has 4 nitrogen and oxygen atoms in total. The Hall–Kier alpha value is -0.610. The normalized spacial score (nSPS) is 24.4. The average molecular weight is 227 g/mol. The van der Waals surface area contributed by atoms with Crippen LogP contribution in [-0.4, -0.2) is 42.5 Å². The van der Waals surface area contributed by atoms with Gasteiger partial charge >= 0.3 is 0 Å². The van der Waals surface area contributed by atoms with Crippen LogP contribution < -0.4 is 11.1 Å². The van der Waals surface area contributed by atoms with Crippen molar-refractivity contribution in [2.75, 3.05) is 19.6 Å². The van der Waals surface area contributed by atoms with Crippen molar-refractivity contribution in [2.24, 2.45) is 11.7 Å². The van der Waals surface area contributed by atoms with E-state index in [1.54, 1.807) is 0 Å². The van der Waals surface area contributed by atoms with Crippen LogP contribution >= 0.6 is 0 Å². The summed E-state index contributed by atoms with van der Waals surface area (Å²) in [4.78, 5) is 14.0. The molecule has 0 aromatic carbocycles. The summed E-state index contributed by atoms with van der Waals surface area (Å²) in [6, 6.07) is 0.180. The monoisotopic (exact) mass is 227 g/mol. The van der Waals surface area contributed by atoms with Gasteiger partial charge in [-0.1, -0.05) is 13.8 Å². The predicted octanol–water partition coefficient (Wildman–Crippen LogP) is 0.570. The zero-order chi connectivity index (χ0) is 12.1. The number of carbonyl (C=O) groups is 1. The summed E-state index contributed by atoms with van der Waals surface area (Å²) in [7, 11) is 0. The van der Waals surface area contributed by atoms with Crippen molar-refractivity contribution in [3.05, 3.63) is 0 Å². The summed E-state index contributed by atoms with van der Waals surface area (Å²) in [5.74, 6) is 0.627. The van der Waals surface area contributed by atoms with Gasteiger partial charge < -0.3 is 11.1 Å². The van der Waals surface area contributed by atoms with Gasteiger partial charge in [-0.15, -0.1) is 0 Å². The van der Waals surface area contributed by atoms with Crippen LogP contribution in [0.2, 0.25) is 0 Å². The van der Waals surface area contributed by atoms with Crippen molar-refractivity contribution < 1.29 is 4.79 Å². The van der Waals surface area contributed by atoms with Crippen molar-refractivity contribution in [1.29, 1.82) is 0 Å². The fourth-order valence-electron chi connectivity index (χ4n) is 2.01. The van der Waals surface area contributed by atoms with E-state index in [0.29, 0.717) is 5.92 Å². The van der Waals surface area contributed by atoms with E-state index in [4.69, 9.17) is 5.73 Å². The van der Waals surface area contributed by atoms with Gasteiger partial charge in [-0.05, 0) is 32.2 Å². The smallest absolute Gasteiger partial charge is 0.237 e. The predicted molar refractivity (Wildman–Crippen MR) is 66.1 cm³/mol. The molecular weight excluding hydrogens is 202 g/mol. The van der Waals surface area contributed by atoms with Crippen LogP contribution in [0, 0.1) is 5.92 Å². The molecule has 0 radical (unpaired) electrons. The van der Waals surface area contributed by atoms with Crippen LogP contribution in [0.15, 0.2) is 0 Å². The molecule has 0 aromatic rings. The molecule has 1 aliphatic rings. The van der Waals surface area contributed by atoms with E-state index in [0.717, 1.165) is 32.5 Å². The first-order valence-corrected chi connectivity index (χ1v) is 6.28. The van der Waals surface area contributed by atoms with Crippen molar-refractivity contribution in [2.45, 2.75) is 45.7 Å². The largest absolute Gasteiger partial charge is 0.354 e. The maximum absolute atomic E-state index is 11.9. The van der Waals surface area contributed by atoms with E-state index >= 15 is 0 Å². The van der Waals surface area contributed by atoms with Gasteiger partial charge in [-0.25, -0.2) is 0 Å². The summed E-state index contributed by atoms with van der Waals surface area (Å²) < 4.78 is 0. The summed E-state index contributed by atoms with van der Waals surface area (Å²) in [5, 5.41) is 2.97. The third-order valence-electron chi connectivity index (χ3n) is 3.10. The molecule has 1 fully saturated rings. The third-order valence-corrected chi connectivity index (χ3v) is 3.10. The van der Waals surface area contributed by atoms with Crippen LogP contribution in [0.1, 0.15) is 33.6 Å². The molecule has 0 saturated carbocycles. The molecule has 3 N–H and O–H groups in total. The molecule has 2 atom stereocenters. The van der Waals surface area contributed by atoms with Gasteiger partial charge in [0.2, 0.25) is 5.91 Å². The van der Waals surface area contributed by atoms with E-state index in [1.807, 2.05) is 6.92 Å². The van der Waals surface area contributed by atoms with Crippen molar-refractivity contribution in [3.63, 3.8) is 0 Å². The zero-order valence-electron chi connectivity index (χ0n) is 10.7. The van der Waals surface area contributed by atoms with Crippen molar-refractivity contribution in [3.8, 4) is 0 Å². The molecule has 1 amide bonds. The molecule has 94 valence electrons. The fraction of sp³-hybridized carbons (Fsp3) is 0.917. The number of amides is 1. The first-order chi connectivity index (χ1) is 7.50. The Morgan fingerprint density at radius 1 is 1.50 bits per heavy atom. The number of carbonyl (C=O) groups excluding carboxylic acids is 1. The number of hydrogen-bond acceptors (Lipinski definition) is 3. The Bertz CT molecular complexity index is 230. The molecule has 2 unspecified atom stereocenters. The fourth-order valence-corrected chi connectivity index (χ4v) is 2.01. The van der Waals surface area contributed by atoms with Gasteiger partial charge in [-0.2, -0.15) is 0 Å². The second-order valence-electron chi connectivity index (χ2n) is 5.21. The lowest BCUT2D eigenvalue weighted by Crippen LogP contribution is -2.52. The molecule has 0 bridgehead atoms. The Morgan fingerprint density at radius 3 is 2.75 bits per heavy atom. The van der Waals surface area contributed by atoms with Gasteiger partial charge in [-0.3, -0.25) is 9.69 Å². The summed E-state index contributed by atoms with van der Waals surface area (Å²) >= 11 is 0. The van der Waals surface area contributed by atoms with Crippen LogP contribution in [0.25, 0.3) is 0 Å². The zero-order valence-corrected chi connectivity index (χ0v) is 10.7. The minimum atomic E-state index is -0.0508. The molecule has 1 heterocycles.